The van der Waals surface area contributed by atoms with Crippen LogP contribution in [-0.2, 0) is 4.43 Å². The molecule has 3 aromatic rings. The SMILES string of the molecule is Br.CCCCCCCCCC(O[Si](C)(C)C(C)(C)C)c1ccccc1P(c1ccccc1)c1ccccc1. The van der Waals surface area contributed by atoms with Crippen molar-refractivity contribution >= 4 is 49.1 Å². The Labute approximate surface area is 246 Å². The second-order valence-corrected chi connectivity index (χ2v) is 18.8. The zero-order valence-electron chi connectivity index (χ0n) is 24.6. The predicted molar refractivity (Wildman–Crippen MR) is 179 cm³/mol. The average Bonchev–Trinajstić information content (AvgIpc) is 2.88. The molecule has 0 amide bonds. The summed E-state index contributed by atoms with van der Waals surface area (Å²) in [6.07, 6.45) is 10.5. The second-order valence-electron chi connectivity index (χ2n) is 11.8. The highest BCUT2D eigenvalue weighted by molar-refractivity contribution is 8.93. The lowest BCUT2D eigenvalue weighted by Gasteiger charge is -2.40. The van der Waals surface area contributed by atoms with Gasteiger partial charge in [-0.15, -0.1) is 17.0 Å². The Hall–Kier alpha value is -1.25. The van der Waals surface area contributed by atoms with Crippen molar-refractivity contribution < 1.29 is 4.43 Å². The molecule has 1 atom stereocenters. The molecule has 208 valence electrons. The molecule has 0 aliphatic rings. The molecule has 0 bridgehead atoms. The second kappa shape index (κ2) is 16.1. The maximum Gasteiger partial charge on any atom is 0.192 e. The maximum atomic E-state index is 7.25. The van der Waals surface area contributed by atoms with Gasteiger partial charge in [0.1, 0.15) is 0 Å². The summed E-state index contributed by atoms with van der Waals surface area (Å²) in [5.74, 6) is 0. The van der Waals surface area contributed by atoms with Crippen LogP contribution in [0.15, 0.2) is 84.9 Å². The molecule has 0 saturated heterocycles. The van der Waals surface area contributed by atoms with Crippen molar-refractivity contribution in [2.24, 2.45) is 0 Å². The van der Waals surface area contributed by atoms with E-state index in [1.807, 2.05) is 0 Å². The number of unbranched alkanes of at least 4 members (excludes halogenated alkanes) is 6. The van der Waals surface area contributed by atoms with E-state index in [9.17, 15) is 0 Å². The van der Waals surface area contributed by atoms with E-state index in [1.54, 1.807) is 0 Å². The molecule has 0 fully saturated rings. The van der Waals surface area contributed by atoms with Gasteiger partial charge in [0.15, 0.2) is 8.32 Å². The molecule has 0 spiro atoms. The Morgan fingerprint density at radius 3 is 1.68 bits per heavy atom. The lowest BCUT2D eigenvalue weighted by Crippen LogP contribution is -2.42. The van der Waals surface area contributed by atoms with Crippen LogP contribution in [0.5, 0.6) is 0 Å². The molecular weight excluding hydrogens is 563 g/mol. The fourth-order valence-corrected chi connectivity index (χ4v) is 8.46. The summed E-state index contributed by atoms with van der Waals surface area (Å²) < 4.78 is 7.25. The predicted octanol–water partition coefficient (Wildman–Crippen LogP) is 10.2. The summed E-state index contributed by atoms with van der Waals surface area (Å²) in [6.45, 7) is 14.2. The largest absolute Gasteiger partial charge is 0.410 e. The first-order valence-electron chi connectivity index (χ1n) is 14.4. The highest BCUT2D eigenvalue weighted by Gasteiger charge is 2.40. The maximum absolute atomic E-state index is 7.25. The first-order valence-corrected chi connectivity index (χ1v) is 18.7. The standard InChI is InChI=1S/C34H49OPSi.BrH/c1-7-8-9-10-11-12-19-27-32(35-37(5,6)34(2,3)4)31-26-20-21-28-33(31)36(29-22-15-13-16-23-29)30-24-17-14-18-25-30;/h13-18,20-26,28,32H,7-12,19,27H2,1-6H3;1H. The Bertz CT molecular complexity index is 1010. The summed E-state index contributed by atoms with van der Waals surface area (Å²) in [7, 11) is -2.61. The number of benzene rings is 3. The van der Waals surface area contributed by atoms with Crippen LogP contribution in [0, 0.1) is 0 Å². The van der Waals surface area contributed by atoms with Crippen LogP contribution in [0.2, 0.25) is 18.1 Å². The minimum atomic E-state index is -1.95. The summed E-state index contributed by atoms with van der Waals surface area (Å²) in [5, 5.41) is 4.43. The third-order valence-electron chi connectivity index (χ3n) is 7.87. The van der Waals surface area contributed by atoms with Gasteiger partial charge in [0.05, 0.1) is 6.10 Å². The number of rotatable bonds is 14. The van der Waals surface area contributed by atoms with E-state index in [2.05, 4.69) is 126 Å². The van der Waals surface area contributed by atoms with Crippen molar-refractivity contribution in [1.29, 1.82) is 0 Å². The minimum Gasteiger partial charge on any atom is -0.410 e. The van der Waals surface area contributed by atoms with Gasteiger partial charge in [-0.1, -0.05) is 158 Å². The van der Waals surface area contributed by atoms with Crippen LogP contribution < -0.4 is 15.9 Å². The first-order chi connectivity index (χ1) is 17.7. The molecule has 38 heavy (non-hydrogen) atoms. The molecule has 0 saturated carbocycles. The third-order valence-corrected chi connectivity index (χ3v) is 14.9. The molecular formula is C34H50BrOPSi. The fraction of sp³-hybridized carbons (Fsp3) is 0.471. The Morgan fingerprint density at radius 2 is 1.16 bits per heavy atom. The van der Waals surface area contributed by atoms with Gasteiger partial charge in [0.25, 0.3) is 0 Å². The number of halogens is 1. The molecule has 1 nitrogen and oxygen atoms in total. The van der Waals surface area contributed by atoms with E-state index >= 15 is 0 Å². The van der Waals surface area contributed by atoms with Crippen LogP contribution in [0.25, 0.3) is 0 Å². The summed E-state index contributed by atoms with van der Waals surface area (Å²) >= 11 is 0. The highest BCUT2D eigenvalue weighted by atomic mass is 79.9. The molecule has 3 rings (SSSR count). The van der Waals surface area contributed by atoms with E-state index in [-0.39, 0.29) is 28.1 Å². The topological polar surface area (TPSA) is 9.23 Å². The van der Waals surface area contributed by atoms with E-state index < -0.39 is 16.2 Å². The molecule has 1 unspecified atom stereocenters. The quantitative estimate of drug-likeness (QED) is 0.0999. The summed E-state index contributed by atoms with van der Waals surface area (Å²) in [6, 6.07) is 31.3. The van der Waals surface area contributed by atoms with E-state index in [0.29, 0.717) is 0 Å². The van der Waals surface area contributed by atoms with Crippen LogP contribution in [0.4, 0.5) is 0 Å². The normalized spacial score (nSPS) is 12.8. The van der Waals surface area contributed by atoms with Crippen LogP contribution >= 0.6 is 24.9 Å². The third kappa shape index (κ3) is 9.44. The lowest BCUT2D eigenvalue weighted by molar-refractivity contribution is 0.170. The van der Waals surface area contributed by atoms with Gasteiger partial charge >= 0.3 is 0 Å². The molecule has 0 N–H and O–H groups in total. The van der Waals surface area contributed by atoms with E-state index in [4.69, 9.17) is 4.43 Å². The molecule has 3 aromatic carbocycles. The van der Waals surface area contributed by atoms with Crippen LogP contribution in [0.3, 0.4) is 0 Å². The highest BCUT2D eigenvalue weighted by Crippen LogP contribution is 2.43. The van der Waals surface area contributed by atoms with Gasteiger partial charge in [-0.05, 0) is 54.0 Å². The summed E-state index contributed by atoms with van der Waals surface area (Å²) in [5.41, 5.74) is 1.40. The van der Waals surface area contributed by atoms with Gasteiger partial charge in [-0.25, -0.2) is 0 Å². The first kappa shape index (κ1) is 33.0. The minimum absolute atomic E-state index is 0. The van der Waals surface area contributed by atoms with Crippen LogP contribution in [-0.4, -0.2) is 8.32 Å². The molecule has 0 aliphatic heterocycles. The lowest BCUT2D eigenvalue weighted by atomic mass is 10.0. The molecule has 0 radical (unpaired) electrons. The zero-order valence-corrected chi connectivity index (χ0v) is 28.2. The zero-order chi connectivity index (χ0) is 26.7. The van der Waals surface area contributed by atoms with Crippen molar-refractivity contribution in [3.63, 3.8) is 0 Å². The molecule has 0 heterocycles. The number of hydrogen-bond acceptors (Lipinski definition) is 1. The van der Waals surface area contributed by atoms with Gasteiger partial charge in [0.2, 0.25) is 0 Å². The van der Waals surface area contributed by atoms with Crippen molar-refractivity contribution in [1.82, 2.24) is 0 Å². The van der Waals surface area contributed by atoms with Crippen molar-refractivity contribution in [2.45, 2.75) is 103 Å². The van der Waals surface area contributed by atoms with Crippen molar-refractivity contribution in [2.75, 3.05) is 0 Å². The summed E-state index contributed by atoms with van der Waals surface area (Å²) in [4.78, 5) is 0. The van der Waals surface area contributed by atoms with Gasteiger partial charge in [-0.2, -0.15) is 0 Å². The smallest absolute Gasteiger partial charge is 0.192 e. The van der Waals surface area contributed by atoms with Crippen LogP contribution in [0.1, 0.15) is 90.7 Å². The Balaban J connectivity index is 0.00000507. The molecule has 4 heteroatoms. The van der Waals surface area contributed by atoms with Crippen molar-refractivity contribution in [3.8, 4) is 0 Å². The Morgan fingerprint density at radius 1 is 0.684 bits per heavy atom. The fourth-order valence-electron chi connectivity index (χ4n) is 4.64. The average molecular weight is 614 g/mol. The monoisotopic (exact) mass is 612 g/mol. The molecule has 0 aromatic heterocycles. The Kier molecular flexibility index (Phi) is 14.0. The van der Waals surface area contributed by atoms with E-state index in [1.165, 1.54) is 66.4 Å². The number of hydrogen-bond donors (Lipinski definition) is 0. The van der Waals surface area contributed by atoms with E-state index in [0.717, 1.165) is 6.42 Å². The van der Waals surface area contributed by atoms with Crippen molar-refractivity contribution in [3.05, 3.63) is 90.5 Å². The molecule has 0 aliphatic carbocycles. The van der Waals surface area contributed by atoms with Gasteiger partial charge in [0, 0.05) is 0 Å². The van der Waals surface area contributed by atoms with Gasteiger partial charge < -0.3 is 4.43 Å². The van der Waals surface area contributed by atoms with Gasteiger partial charge in [-0.3, -0.25) is 0 Å².